The maximum Gasteiger partial charge on any atom is 0.499 e. The SMILES string of the molecule is CC(C)CCSC(=O)Nc1ccccc1.O=C(NC(=S)Nc1ccc2c(c1)CCC2)c1ccccc1.O=C(Nc1ccccc1)c1nnc(-c2ccccc2)o1.O=C(O)Nc1ccc(Cl)cc1.O=C1Nc2ccccc2C1=Cc1ccc2c(c1)CCO2.O=c1[nH]c(=O)c2c(-c3ccccc3)cc(-c3ccccc3)oc-2[nH+]1.c1ccc(-n2ncc3c(N4CCc5ccccc54)ncnc32)cc1. The molecule has 1 aliphatic carbocycles. The quantitative estimate of drug-likeness (QED) is 0.0349. The molecule has 5 aliphatic heterocycles. The van der Waals surface area contributed by atoms with Crippen LogP contribution in [-0.2, 0) is 30.5 Å². The monoisotopic (exact) mass is 1850 g/mol. The number of H-pyrrole nitrogens is 2. The number of aromatic amines is 2. The lowest BCUT2D eigenvalue weighted by atomic mass is 9.99. The Morgan fingerprint density at radius 2 is 1.20 bits per heavy atom. The van der Waals surface area contributed by atoms with Gasteiger partial charge in [-0.3, -0.25) is 29.8 Å². The van der Waals surface area contributed by atoms with Gasteiger partial charge in [-0.15, -0.1) is 10.2 Å². The Kier molecular flexibility index (Phi) is 31.6. The van der Waals surface area contributed by atoms with Crippen LogP contribution in [0.3, 0.4) is 0 Å². The average molecular weight is 1850 g/mol. The number of para-hydroxylation sites is 5. The number of carboxylic acid groups (broad SMARTS) is 1. The molecule has 0 saturated carbocycles. The molecule has 9 N–H and O–H groups in total. The Hall–Kier alpha value is -16.6. The number of ether oxygens (including phenoxy) is 1. The maximum atomic E-state index is 12.3. The van der Waals surface area contributed by atoms with Gasteiger partial charge in [0, 0.05) is 91.3 Å². The van der Waals surface area contributed by atoms with Crippen molar-refractivity contribution >= 4 is 132 Å². The van der Waals surface area contributed by atoms with E-state index >= 15 is 0 Å². The number of carbonyl (C=O) groups excluding carboxylic acids is 4. The van der Waals surface area contributed by atoms with Crippen molar-refractivity contribution in [2.75, 3.05) is 50.4 Å². The van der Waals surface area contributed by atoms with Crippen LogP contribution in [0.15, 0.2) is 359 Å². The number of nitrogens with zero attached hydrogens (tertiary/aromatic N) is 7. The molecule has 26 nitrogen and oxygen atoms in total. The third kappa shape index (κ3) is 25.4. The summed E-state index contributed by atoms with van der Waals surface area (Å²) in [5, 5.41) is 38.7. The number of anilines is 7. The van der Waals surface area contributed by atoms with E-state index < -0.39 is 23.2 Å². The van der Waals surface area contributed by atoms with Gasteiger partial charge in [0.05, 0.1) is 23.9 Å². The minimum absolute atomic E-state index is 0.0295. The number of rotatable bonds is 15. The van der Waals surface area contributed by atoms with Crippen LogP contribution in [0.5, 0.6) is 5.75 Å². The van der Waals surface area contributed by atoms with Crippen LogP contribution >= 0.6 is 35.6 Å². The second-order valence-electron chi connectivity index (χ2n) is 31.2. The van der Waals surface area contributed by atoms with Crippen LogP contribution in [0.1, 0.15) is 81.1 Å². The van der Waals surface area contributed by atoms with Gasteiger partial charge in [0.25, 0.3) is 17.1 Å². The number of amides is 5. The Morgan fingerprint density at radius 3 is 1.90 bits per heavy atom. The number of benzene rings is 12. The van der Waals surface area contributed by atoms with E-state index in [1.807, 2.05) is 254 Å². The van der Waals surface area contributed by atoms with Crippen molar-refractivity contribution in [3.8, 4) is 56.8 Å². The van der Waals surface area contributed by atoms with Gasteiger partial charge in [0.1, 0.15) is 23.7 Å². The summed E-state index contributed by atoms with van der Waals surface area (Å²) in [5.74, 6) is 3.75. The molecule has 3 aromatic heterocycles. The molecule has 674 valence electrons. The van der Waals surface area contributed by atoms with Crippen LogP contribution in [-0.4, -0.2) is 93.1 Å². The molecule has 0 unspecified atom stereocenters. The normalized spacial score (nSPS) is 12.3. The van der Waals surface area contributed by atoms with Gasteiger partial charge < -0.3 is 44.8 Å². The molecular formula is C106H91ClN15O11S2+. The molecule has 0 bridgehead atoms. The van der Waals surface area contributed by atoms with Gasteiger partial charge in [0.15, 0.2) is 16.3 Å². The van der Waals surface area contributed by atoms with Gasteiger partial charge >= 0.3 is 35.0 Å². The number of hydrogen-bond acceptors (Lipinski definition) is 18. The molecule has 29 heteroatoms. The van der Waals surface area contributed by atoms with Crippen LogP contribution in [0, 0.1) is 5.92 Å². The number of nitrogens with one attached hydrogen (secondary N) is 8. The summed E-state index contributed by atoms with van der Waals surface area (Å²) in [6.45, 7) is 6.01. The fraction of sp³-hybridized carbons (Fsp3) is 0.113. The number of thiocarbonyl (C=S) groups is 1. The van der Waals surface area contributed by atoms with Crippen molar-refractivity contribution in [1.82, 2.24) is 40.2 Å². The number of thioether (sulfide) groups is 1. The van der Waals surface area contributed by atoms with Gasteiger partial charge in [-0.25, -0.2) is 24.2 Å². The second kappa shape index (κ2) is 45.8. The van der Waals surface area contributed by atoms with Crippen molar-refractivity contribution < 1.29 is 47.6 Å². The molecule has 0 radical (unpaired) electrons. The van der Waals surface area contributed by atoms with Crippen LogP contribution in [0.4, 0.5) is 49.5 Å². The molecule has 15 aromatic rings. The summed E-state index contributed by atoms with van der Waals surface area (Å²) >= 11 is 12.1. The largest absolute Gasteiger partial charge is 0.499 e. The Balaban J connectivity index is 0.000000121. The first-order valence-corrected chi connectivity index (χ1v) is 45.1. The van der Waals surface area contributed by atoms with E-state index in [1.54, 1.807) is 54.9 Å². The van der Waals surface area contributed by atoms with E-state index in [9.17, 15) is 33.6 Å². The number of aryl methyl sites for hydroxylation is 2. The fourth-order valence-electron chi connectivity index (χ4n) is 14.8. The molecule has 0 atom stereocenters. The number of carbonyl (C=O) groups is 5. The lowest BCUT2D eigenvalue weighted by Gasteiger charge is -2.18. The third-order valence-electron chi connectivity index (χ3n) is 21.4. The summed E-state index contributed by atoms with van der Waals surface area (Å²) in [5.41, 5.74) is 18.1. The predicted octanol–water partition coefficient (Wildman–Crippen LogP) is 21.9. The number of aromatic nitrogens is 8. The van der Waals surface area contributed by atoms with E-state index in [-0.39, 0.29) is 28.8 Å². The van der Waals surface area contributed by atoms with Gasteiger partial charge in [-0.1, -0.05) is 237 Å². The van der Waals surface area contributed by atoms with E-state index in [0.29, 0.717) is 55.8 Å². The predicted molar refractivity (Wildman–Crippen MR) is 535 cm³/mol. The molecule has 12 aromatic carbocycles. The summed E-state index contributed by atoms with van der Waals surface area (Å²) in [7, 11) is 0. The van der Waals surface area contributed by atoms with Gasteiger partial charge in [0.2, 0.25) is 5.89 Å². The first kappa shape index (κ1) is 93.1. The Morgan fingerprint density at radius 1 is 0.578 bits per heavy atom. The molecule has 135 heavy (non-hydrogen) atoms. The highest BCUT2D eigenvalue weighted by molar-refractivity contribution is 8.13. The molecule has 0 spiro atoms. The first-order chi connectivity index (χ1) is 65.9. The maximum absolute atomic E-state index is 12.3. The van der Waals surface area contributed by atoms with Crippen molar-refractivity contribution in [3.63, 3.8) is 0 Å². The van der Waals surface area contributed by atoms with Crippen molar-refractivity contribution in [1.29, 1.82) is 0 Å². The summed E-state index contributed by atoms with van der Waals surface area (Å²) in [6.07, 6.45) is 10.9. The highest BCUT2D eigenvalue weighted by Gasteiger charge is 2.28. The van der Waals surface area contributed by atoms with Gasteiger partial charge in [-0.2, -0.15) is 19.9 Å². The minimum atomic E-state index is -1.08. The highest BCUT2D eigenvalue weighted by atomic mass is 35.5. The zero-order valence-electron chi connectivity index (χ0n) is 73.2. The fourth-order valence-corrected chi connectivity index (χ4v) is 16.1. The standard InChI is InChI=1S/C19H15N5.C19H12N2O3.C17H16N2OS.C17H13NO2.C15H11N3O2.C12H17NOS.C7H6ClNO2/c1-2-7-15(8-3-1)24-19-16(12-22-24)18(20-13-21-19)23-11-10-14-6-4-5-9-17(14)23;22-17-16-14(12-7-3-1-4-8-12)11-15(13-9-5-2-6-10-13)24-18(16)21-19(23)20-17;20-16(13-5-2-1-3-6-13)19-17(21)18-15-10-9-12-7-4-8-14(12)11-15;19-17-14(13-3-1-2-4-15(13)18-17)10-11-5-6-16-12(9-11)7-8-20-16;19-13(16-12-9-5-2-6-10-12)15-18-17-14(20-15)11-7-3-1-4-8-11;1-10(2)8-9-15-12(14)13-11-6-4-3-5-7-11;8-5-1-3-6(4-2-5)9-7(10)11/h1-9,12-13H,10-11H2;1-11H,(H,20,22,23);1-3,5-6,9-11H,4,7-8H2,(H2,18,19,20,21);1-6,9-10H,7-8H2,(H,18,19);1-10H,(H,16,19);3-7,10H,8-9H2,1-2H3,(H,13,14);1-4,9H,(H,10,11)/p+1. The summed E-state index contributed by atoms with van der Waals surface area (Å²) in [4.78, 5) is 97.6. The van der Waals surface area contributed by atoms with Crippen molar-refractivity contribution in [2.24, 2.45) is 5.92 Å². The van der Waals surface area contributed by atoms with Gasteiger partial charge in [-0.05, 0) is 217 Å². The van der Waals surface area contributed by atoms with Crippen LogP contribution in [0.25, 0.3) is 73.7 Å². The average Bonchev–Trinajstić information content (AvgIpc) is 1.75. The van der Waals surface area contributed by atoms with Crippen molar-refractivity contribution in [3.05, 3.63) is 411 Å². The molecular weight excluding hydrogens is 1760 g/mol. The number of fused-ring (bicyclic) bond motifs is 6. The van der Waals surface area contributed by atoms with E-state index in [2.05, 4.69) is 128 Å². The highest BCUT2D eigenvalue weighted by Crippen LogP contribution is 2.39. The zero-order chi connectivity index (χ0) is 93.8. The first-order valence-electron chi connectivity index (χ1n) is 43.4. The Bertz CT molecular complexity index is 7100. The second-order valence-corrected chi connectivity index (χ2v) is 33.1. The molecule has 0 fully saturated rings. The number of halogens is 1. The topological polar surface area (TPSA) is 350 Å². The minimum Gasteiger partial charge on any atom is -0.493 e. The number of hydrogen-bond donors (Lipinski definition) is 8. The molecule has 8 heterocycles. The molecule has 21 rings (SSSR count). The smallest absolute Gasteiger partial charge is 0.493 e. The third-order valence-corrected chi connectivity index (χ3v) is 22.6. The summed E-state index contributed by atoms with van der Waals surface area (Å²) < 4.78 is 18.5. The Labute approximate surface area is 791 Å². The lowest BCUT2D eigenvalue weighted by Crippen LogP contribution is -2.38. The zero-order valence-corrected chi connectivity index (χ0v) is 75.6. The van der Waals surface area contributed by atoms with E-state index in [1.165, 1.54) is 46.1 Å². The molecule has 0 saturated heterocycles. The summed E-state index contributed by atoms with van der Waals surface area (Å²) in [6, 6.07) is 103. The molecule has 5 amide bonds. The van der Waals surface area contributed by atoms with Crippen molar-refractivity contribution in [2.45, 2.75) is 52.4 Å². The van der Waals surface area contributed by atoms with Crippen LogP contribution in [0.2, 0.25) is 5.02 Å². The molecule has 6 aliphatic rings. The lowest BCUT2D eigenvalue weighted by molar-refractivity contribution is -0.403. The van der Waals surface area contributed by atoms with E-state index in [0.717, 1.165) is 130 Å². The van der Waals surface area contributed by atoms with E-state index in [4.69, 9.17) is 42.5 Å². The van der Waals surface area contributed by atoms with Crippen LogP contribution < -0.4 is 57.8 Å².